The third-order valence-corrected chi connectivity index (χ3v) is 6.02. The van der Waals surface area contributed by atoms with Gasteiger partial charge in [-0.3, -0.25) is 0 Å². The minimum atomic E-state index is -4.55. The van der Waals surface area contributed by atoms with Crippen molar-refractivity contribution in [2.75, 3.05) is 11.4 Å². The van der Waals surface area contributed by atoms with Crippen LogP contribution in [0.25, 0.3) is 16.7 Å². The second-order valence-electron chi connectivity index (χ2n) is 8.20. The molecule has 0 amide bonds. The summed E-state index contributed by atoms with van der Waals surface area (Å²) in [6.45, 7) is -1.04. The predicted molar refractivity (Wildman–Crippen MR) is 117 cm³/mol. The lowest BCUT2D eigenvalue weighted by molar-refractivity contribution is -0.168. The van der Waals surface area contributed by atoms with Crippen LogP contribution in [-0.2, 0) is 0 Å². The highest BCUT2D eigenvalue weighted by Gasteiger charge is 2.62. The zero-order chi connectivity index (χ0) is 25.8. The van der Waals surface area contributed by atoms with E-state index in [1.165, 1.54) is 16.5 Å². The summed E-state index contributed by atoms with van der Waals surface area (Å²) in [6.07, 6.45) is -7.89. The van der Waals surface area contributed by atoms with Gasteiger partial charge < -0.3 is 4.90 Å². The van der Waals surface area contributed by atoms with Crippen LogP contribution in [0.4, 0.5) is 42.2 Å². The van der Waals surface area contributed by atoms with E-state index in [4.69, 9.17) is 11.6 Å². The molecule has 2 heterocycles. The van der Waals surface area contributed by atoms with Crippen LogP contribution >= 0.6 is 11.6 Å². The molecule has 0 atom stereocenters. The molecule has 1 aliphatic carbocycles. The van der Waals surface area contributed by atoms with Crippen molar-refractivity contribution < 1.29 is 30.7 Å². The molecule has 0 saturated heterocycles. The van der Waals surface area contributed by atoms with E-state index in [2.05, 4.69) is 27.0 Å². The standard InChI is InChI=1S/C23H13ClF7N5/c24-20-33-34-21-32-19(18-15(26)2-1-3-16(18)36(20)21)35(11-17(27)28)14-9-12(8-13(25)10-14)4-5-22(6-7-22)23(29,30)31/h1-3,8-10,17H,6-7,11H2. The van der Waals surface area contributed by atoms with Crippen LogP contribution in [0.2, 0.25) is 5.28 Å². The highest BCUT2D eigenvalue weighted by atomic mass is 35.5. The predicted octanol–water partition coefficient (Wildman–Crippen LogP) is 6.31. The third kappa shape index (κ3) is 4.17. The number of halogens is 8. The minimum Gasteiger partial charge on any atom is -0.320 e. The van der Waals surface area contributed by atoms with E-state index < -0.39 is 36.2 Å². The molecule has 36 heavy (non-hydrogen) atoms. The molecular weight excluding hydrogens is 515 g/mol. The number of nitrogens with zero attached hydrogens (tertiary/aromatic N) is 5. The first-order valence-electron chi connectivity index (χ1n) is 10.4. The number of benzene rings is 2. The molecule has 0 aliphatic heterocycles. The van der Waals surface area contributed by atoms with Crippen molar-refractivity contribution in [1.82, 2.24) is 19.6 Å². The minimum absolute atomic E-state index is 0.113. The van der Waals surface area contributed by atoms with Gasteiger partial charge in [0.1, 0.15) is 22.9 Å². The van der Waals surface area contributed by atoms with E-state index in [-0.39, 0.29) is 51.9 Å². The molecule has 5 rings (SSSR count). The fourth-order valence-electron chi connectivity index (χ4n) is 3.85. The van der Waals surface area contributed by atoms with Gasteiger partial charge in [-0.1, -0.05) is 17.9 Å². The van der Waals surface area contributed by atoms with Crippen LogP contribution in [0.3, 0.4) is 0 Å². The summed E-state index contributed by atoms with van der Waals surface area (Å²) in [5.74, 6) is 2.21. The van der Waals surface area contributed by atoms with Gasteiger partial charge in [-0.05, 0) is 54.8 Å². The SMILES string of the molecule is Fc1cc(C#CC2(C(F)(F)F)CC2)cc(N(CC(F)F)c2nc3nnc(Cl)n3c3cccc(F)c23)c1. The van der Waals surface area contributed by atoms with Gasteiger partial charge in [-0.15, -0.1) is 10.2 Å². The zero-order valence-electron chi connectivity index (χ0n) is 17.9. The van der Waals surface area contributed by atoms with Crippen molar-refractivity contribution in [2.24, 2.45) is 5.41 Å². The molecule has 2 aromatic carbocycles. The Morgan fingerprint density at radius 1 is 1.11 bits per heavy atom. The summed E-state index contributed by atoms with van der Waals surface area (Å²) in [6, 6.07) is 6.78. The van der Waals surface area contributed by atoms with Crippen LogP contribution < -0.4 is 4.90 Å². The smallest absolute Gasteiger partial charge is 0.320 e. The Morgan fingerprint density at radius 3 is 2.53 bits per heavy atom. The lowest BCUT2D eigenvalue weighted by atomic mass is 10.1. The fraction of sp³-hybridized carbons (Fsp3) is 0.261. The summed E-state index contributed by atoms with van der Waals surface area (Å²) in [5, 5.41) is 7.06. The van der Waals surface area contributed by atoms with Crippen LogP contribution in [0, 0.1) is 28.9 Å². The van der Waals surface area contributed by atoms with E-state index in [0.717, 1.165) is 29.2 Å². The van der Waals surface area contributed by atoms with E-state index in [0.29, 0.717) is 0 Å². The number of anilines is 2. The van der Waals surface area contributed by atoms with Crippen LogP contribution in [-0.4, -0.2) is 38.7 Å². The molecule has 1 aliphatic rings. The lowest BCUT2D eigenvalue weighted by Gasteiger charge is -2.25. The van der Waals surface area contributed by atoms with Gasteiger partial charge >= 0.3 is 6.18 Å². The van der Waals surface area contributed by atoms with Gasteiger partial charge in [0, 0.05) is 11.3 Å². The van der Waals surface area contributed by atoms with E-state index in [9.17, 15) is 26.3 Å². The van der Waals surface area contributed by atoms with E-state index >= 15 is 4.39 Å². The summed E-state index contributed by atoms with van der Waals surface area (Å²) in [4.78, 5) is 5.00. The zero-order valence-corrected chi connectivity index (χ0v) is 18.7. The average Bonchev–Trinajstić information content (AvgIpc) is 3.52. The van der Waals surface area contributed by atoms with E-state index in [1.54, 1.807) is 0 Å². The first-order valence-corrected chi connectivity index (χ1v) is 10.8. The number of aromatic nitrogens is 4. The third-order valence-electron chi connectivity index (χ3n) is 5.78. The van der Waals surface area contributed by atoms with Gasteiger partial charge in [-0.2, -0.15) is 18.2 Å². The van der Waals surface area contributed by atoms with Crippen LogP contribution in [0.5, 0.6) is 0 Å². The number of fused-ring (bicyclic) bond motifs is 3. The molecule has 0 radical (unpaired) electrons. The average molecular weight is 528 g/mol. The summed E-state index contributed by atoms with van der Waals surface area (Å²) in [7, 11) is 0. The first-order chi connectivity index (χ1) is 17.0. The van der Waals surface area contributed by atoms with Crippen molar-refractivity contribution >= 4 is 39.8 Å². The fourth-order valence-corrected chi connectivity index (χ4v) is 4.06. The lowest BCUT2D eigenvalue weighted by Crippen LogP contribution is -2.26. The van der Waals surface area contributed by atoms with Gasteiger partial charge in [0.05, 0.1) is 17.4 Å². The molecule has 0 N–H and O–H groups in total. The topological polar surface area (TPSA) is 46.3 Å². The summed E-state index contributed by atoms with van der Waals surface area (Å²) in [5.41, 5.74) is -2.44. The van der Waals surface area contributed by atoms with Crippen molar-refractivity contribution in [3.8, 4) is 11.8 Å². The Morgan fingerprint density at radius 2 is 1.86 bits per heavy atom. The molecule has 186 valence electrons. The first kappa shape index (κ1) is 24.1. The normalized spacial score (nSPS) is 14.8. The van der Waals surface area contributed by atoms with Crippen LogP contribution in [0.1, 0.15) is 18.4 Å². The Labute approximate surface area is 203 Å². The molecule has 0 spiro atoms. The second-order valence-corrected chi connectivity index (χ2v) is 8.54. The van der Waals surface area contributed by atoms with Crippen molar-refractivity contribution in [2.45, 2.75) is 25.4 Å². The highest BCUT2D eigenvalue weighted by molar-refractivity contribution is 6.29. The maximum atomic E-state index is 15.0. The number of hydrogen-bond donors (Lipinski definition) is 0. The Balaban J connectivity index is 1.70. The monoisotopic (exact) mass is 527 g/mol. The molecule has 4 aromatic rings. The Kier molecular flexibility index (Phi) is 5.70. The van der Waals surface area contributed by atoms with Gasteiger partial charge in [0.15, 0.2) is 0 Å². The molecule has 0 bridgehead atoms. The number of rotatable bonds is 4. The molecule has 0 unspecified atom stereocenters. The van der Waals surface area contributed by atoms with Crippen molar-refractivity contribution in [3.63, 3.8) is 0 Å². The summed E-state index contributed by atoms with van der Waals surface area (Å²) >= 11 is 6.04. The molecule has 5 nitrogen and oxygen atoms in total. The molecule has 2 aromatic heterocycles. The van der Waals surface area contributed by atoms with E-state index in [1.807, 2.05) is 0 Å². The van der Waals surface area contributed by atoms with Crippen molar-refractivity contribution in [1.29, 1.82) is 0 Å². The van der Waals surface area contributed by atoms with Gasteiger partial charge in [0.2, 0.25) is 5.28 Å². The Bertz CT molecular complexity index is 1550. The summed E-state index contributed by atoms with van der Waals surface area (Å²) < 4.78 is 97.7. The largest absolute Gasteiger partial charge is 0.405 e. The highest BCUT2D eigenvalue weighted by Crippen LogP contribution is 2.57. The molecule has 1 fully saturated rings. The molecule has 1 saturated carbocycles. The van der Waals surface area contributed by atoms with Gasteiger partial charge in [-0.25, -0.2) is 22.0 Å². The number of alkyl halides is 5. The maximum Gasteiger partial charge on any atom is 0.405 e. The quantitative estimate of drug-likeness (QED) is 0.231. The Hall–Kier alpha value is -3.59. The maximum absolute atomic E-state index is 15.0. The van der Waals surface area contributed by atoms with Crippen LogP contribution in [0.15, 0.2) is 36.4 Å². The molecule has 13 heteroatoms. The van der Waals surface area contributed by atoms with Crippen molar-refractivity contribution in [3.05, 3.63) is 58.9 Å². The van der Waals surface area contributed by atoms with Gasteiger partial charge in [0.25, 0.3) is 12.2 Å². The number of hydrogen-bond acceptors (Lipinski definition) is 4. The molecular formula is C23H13ClF7N5. The second kappa shape index (κ2) is 8.51.